The van der Waals surface area contributed by atoms with Crippen molar-refractivity contribution < 1.29 is 14.3 Å². The van der Waals surface area contributed by atoms with Crippen LogP contribution in [0.4, 0.5) is 0 Å². The molecule has 0 bridgehead atoms. The van der Waals surface area contributed by atoms with E-state index in [1.54, 1.807) is 0 Å². The number of carbonyl (C=O) groups excluding carboxylic acids is 2. The molecule has 0 aliphatic rings. The third-order valence-corrected chi connectivity index (χ3v) is 3.05. The van der Waals surface area contributed by atoms with Gasteiger partial charge in [0.1, 0.15) is 5.75 Å². The predicted molar refractivity (Wildman–Crippen MR) is 85.2 cm³/mol. The van der Waals surface area contributed by atoms with Crippen LogP contribution >= 0.6 is 15.9 Å². The molecule has 2 N–H and O–H groups in total. The van der Waals surface area contributed by atoms with Crippen LogP contribution in [-0.2, 0) is 9.59 Å². The van der Waals surface area contributed by atoms with E-state index in [9.17, 15) is 9.59 Å². The first-order chi connectivity index (χ1) is 9.97. The molecular formula is C15H21BrN2O3. The lowest BCUT2D eigenvalue weighted by Crippen LogP contribution is -2.39. The number of hydrogen-bond donors (Lipinski definition) is 2. The van der Waals surface area contributed by atoms with Crippen molar-refractivity contribution in [2.45, 2.75) is 32.7 Å². The lowest BCUT2D eigenvalue weighted by Gasteiger charge is -2.09. The Kier molecular flexibility index (Phi) is 7.82. The van der Waals surface area contributed by atoms with Crippen molar-refractivity contribution in [3.05, 3.63) is 28.7 Å². The standard InChI is InChI=1S/C15H21BrN2O3/c1-11(2)18-15(20)10-17-14(19)4-3-9-21-13-7-5-12(16)6-8-13/h5-8,11H,3-4,9-10H2,1-2H3,(H,17,19)(H,18,20). The zero-order valence-corrected chi connectivity index (χ0v) is 13.9. The number of benzene rings is 1. The number of hydrogen-bond acceptors (Lipinski definition) is 3. The molecule has 0 radical (unpaired) electrons. The summed E-state index contributed by atoms with van der Waals surface area (Å²) in [6.45, 7) is 4.23. The molecule has 1 rings (SSSR count). The fourth-order valence-electron chi connectivity index (χ4n) is 1.59. The molecule has 0 saturated carbocycles. The van der Waals surface area contributed by atoms with Crippen molar-refractivity contribution in [2.24, 2.45) is 0 Å². The number of ether oxygens (including phenoxy) is 1. The van der Waals surface area contributed by atoms with Gasteiger partial charge in [0.05, 0.1) is 13.2 Å². The molecule has 0 fully saturated rings. The molecule has 0 aliphatic heterocycles. The SMILES string of the molecule is CC(C)NC(=O)CNC(=O)CCCOc1ccc(Br)cc1. The Labute approximate surface area is 133 Å². The molecule has 2 amide bonds. The van der Waals surface area contributed by atoms with E-state index in [1.165, 1.54) is 0 Å². The summed E-state index contributed by atoms with van der Waals surface area (Å²) < 4.78 is 6.50. The lowest BCUT2D eigenvalue weighted by molar-refractivity contribution is -0.126. The van der Waals surface area contributed by atoms with E-state index in [0.717, 1.165) is 10.2 Å². The van der Waals surface area contributed by atoms with E-state index in [4.69, 9.17) is 4.74 Å². The van der Waals surface area contributed by atoms with Gasteiger partial charge >= 0.3 is 0 Å². The minimum absolute atomic E-state index is 0.0184. The highest BCUT2D eigenvalue weighted by atomic mass is 79.9. The van der Waals surface area contributed by atoms with Crippen molar-refractivity contribution in [3.8, 4) is 5.75 Å². The monoisotopic (exact) mass is 356 g/mol. The van der Waals surface area contributed by atoms with E-state index in [1.807, 2.05) is 38.1 Å². The maximum atomic E-state index is 11.5. The molecule has 0 saturated heterocycles. The van der Waals surface area contributed by atoms with Crippen molar-refractivity contribution in [2.75, 3.05) is 13.2 Å². The van der Waals surface area contributed by atoms with Gasteiger partial charge in [-0.05, 0) is 44.5 Å². The van der Waals surface area contributed by atoms with Gasteiger partial charge in [-0.25, -0.2) is 0 Å². The Morgan fingerprint density at radius 3 is 2.48 bits per heavy atom. The average molecular weight is 357 g/mol. The van der Waals surface area contributed by atoms with Crippen LogP contribution in [0, 0.1) is 0 Å². The van der Waals surface area contributed by atoms with Gasteiger partial charge in [0.25, 0.3) is 0 Å². The largest absolute Gasteiger partial charge is 0.494 e. The second-order valence-corrected chi connectivity index (χ2v) is 5.82. The molecule has 0 heterocycles. The fourth-order valence-corrected chi connectivity index (χ4v) is 1.86. The molecular weight excluding hydrogens is 336 g/mol. The Morgan fingerprint density at radius 2 is 1.86 bits per heavy atom. The van der Waals surface area contributed by atoms with E-state index >= 15 is 0 Å². The first kappa shape index (κ1) is 17.5. The number of halogens is 1. The second-order valence-electron chi connectivity index (χ2n) is 4.90. The summed E-state index contributed by atoms with van der Waals surface area (Å²) in [4.78, 5) is 22.9. The maximum absolute atomic E-state index is 11.5. The Hall–Kier alpha value is -1.56. The Morgan fingerprint density at radius 1 is 1.19 bits per heavy atom. The molecule has 1 aromatic carbocycles. The van der Waals surface area contributed by atoms with Gasteiger partial charge in [-0.1, -0.05) is 15.9 Å². The first-order valence-corrected chi connectivity index (χ1v) is 7.71. The molecule has 0 atom stereocenters. The van der Waals surface area contributed by atoms with Crippen molar-refractivity contribution in [1.82, 2.24) is 10.6 Å². The van der Waals surface area contributed by atoms with Gasteiger partial charge in [-0.2, -0.15) is 0 Å². The average Bonchev–Trinajstić information content (AvgIpc) is 2.42. The fraction of sp³-hybridized carbons (Fsp3) is 0.467. The highest BCUT2D eigenvalue weighted by Gasteiger charge is 2.06. The van der Waals surface area contributed by atoms with E-state index in [-0.39, 0.29) is 24.4 Å². The Balaban J connectivity index is 2.10. The van der Waals surface area contributed by atoms with Crippen molar-refractivity contribution in [1.29, 1.82) is 0 Å². The quantitative estimate of drug-likeness (QED) is 0.702. The molecule has 0 unspecified atom stereocenters. The maximum Gasteiger partial charge on any atom is 0.239 e. The van der Waals surface area contributed by atoms with Crippen LogP contribution in [0.5, 0.6) is 5.75 Å². The van der Waals surface area contributed by atoms with Crippen LogP contribution in [0.3, 0.4) is 0 Å². The summed E-state index contributed by atoms with van der Waals surface area (Å²) in [6.07, 6.45) is 0.944. The molecule has 116 valence electrons. The molecule has 0 spiro atoms. The van der Waals surface area contributed by atoms with Crippen molar-refractivity contribution >= 4 is 27.7 Å². The number of nitrogens with one attached hydrogen (secondary N) is 2. The summed E-state index contributed by atoms with van der Waals surface area (Å²) in [5, 5.41) is 5.29. The van der Waals surface area contributed by atoms with Crippen molar-refractivity contribution in [3.63, 3.8) is 0 Å². The minimum atomic E-state index is -0.176. The summed E-state index contributed by atoms with van der Waals surface area (Å²) in [5.41, 5.74) is 0. The van der Waals surface area contributed by atoms with Crippen LogP contribution in [0.15, 0.2) is 28.7 Å². The third kappa shape index (κ3) is 8.34. The van der Waals surface area contributed by atoms with Crippen LogP contribution in [0.2, 0.25) is 0 Å². The summed E-state index contributed by atoms with van der Waals surface area (Å²) in [7, 11) is 0. The van der Waals surface area contributed by atoms with Crippen LogP contribution < -0.4 is 15.4 Å². The van der Waals surface area contributed by atoms with Gasteiger partial charge in [0.2, 0.25) is 11.8 Å². The van der Waals surface area contributed by atoms with Gasteiger partial charge in [0, 0.05) is 16.9 Å². The minimum Gasteiger partial charge on any atom is -0.494 e. The molecule has 0 aromatic heterocycles. The Bertz CT molecular complexity index is 460. The summed E-state index contributed by atoms with van der Waals surface area (Å²) in [5.74, 6) is 0.452. The smallest absolute Gasteiger partial charge is 0.239 e. The zero-order valence-electron chi connectivity index (χ0n) is 12.3. The molecule has 21 heavy (non-hydrogen) atoms. The second kappa shape index (κ2) is 9.39. The van der Waals surface area contributed by atoms with Gasteiger partial charge in [-0.3, -0.25) is 9.59 Å². The van der Waals surface area contributed by atoms with Crippen LogP contribution in [0.1, 0.15) is 26.7 Å². The summed E-state index contributed by atoms with van der Waals surface area (Å²) >= 11 is 3.35. The van der Waals surface area contributed by atoms with E-state index < -0.39 is 0 Å². The normalized spacial score (nSPS) is 10.3. The topological polar surface area (TPSA) is 67.4 Å². The number of carbonyl (C=O) groups is 2. The van der Waals surface area contributed by atoms with Crippen LogP contribution in [-0.4, -0.2) is 31.0 Å². The lowest BCUT2D eigenvalue weighted by atomic mass is 10.3. The number of rotatable bonds is 8. The van der Waals surface area contributed by atoms with E-state index in [2.05, 4.69) is 26.6 Å². The summed E-state index contributed by atoms with van der Waals surface area (Å²) in [6, 6.07) is 7.60. The van der Waals surface area contributed by atoms with Gasteiger partial charge < -0.3 is 15.4 Å². The van der Waals surface area contributed by atoms with E-state index in [0.29, 0.717) is 19.4 Å². The predicted octanol–water partition coefficient (Wildman–Crippen LogP) is 2.25. The van der Waals surface area contributed by atoms with Crippen LogP contribution in [0.25, 0.3) is 0 Å². The number of amides is 2. The zero-order chi connectivity index (χ0) is 15.7. The molecule has 0 aliphatic carbocycles. The molecule has 5 nitrogen and oxygen atoms in total. The molecule has 1 aromatic rings. The molecule has 6 heteroatoms. The van der Waals surface area contributed by atoms with Gasteiger partial charge in [0.15, 0.2) is 0 Å². The van der Waals surface area contributed by atoms with Gasteiger partial charge in [-0.15, -0.1) is 0 Å². The highest BCUT2D eigenvalue weighted by molar-refractivity contribution is 9.10. The third-order valence-electron chi connectivity index (χ3n) is 2.53. The first-order valence-electron chi connectivity index (χ1n) is 6.92. The highest BCUT2D eigenvalue weighted by Crippen LogP contribution is 2.16.